The van der Waals surface area contributed by atoms with Gasteiger partial charge in [-0.25, -0.2) is 9.71 Å². The molecule has 1 aromatic rings. The third-order valence-corrected chi connectivity index (χ3v) is 5.32. The zero-order valence-electron chi connectivity index (χ0n) is 11.2. The molecule has 6 nitrogen and oxygen atoms in total. The number of rotatable bonds is 8. The molecule has 108 valence electrons. The fourth-order valence-electron chi connectivity index (χ4n) is 1.61. The molecule has 2 N–H and O–H groups in total. The second-order valence-corrected chi connectivity index (χ2v) is 7.80. The minimum Gasteiger partial charge on any atom is -0.314 e. The molecule has 0 saturated heterocycles. The molecule has 0 aromatic carbocycles. The Bertz CT molecular complexity index is 511. The zero-order valence-corrected chi connectivity index (χ0v) is 12.9. The Morgan fingerprint density at radius 1 is 1.53 bits per heavy atom. The molecule has 1 aliphatic carbocycles. The van der Waals surface area contributed by atoms with Crippen molar-refractivity contribution in [2.24, 2.45) is 0 Å². The number of nitrogens with zero attached hydrogens (tertiary/aromatic N) is 2. The van der Waals surface area contributed by atoms with Crippen LogP contribution in [0.5, 0.6) is 0 Å². The first-order valence-electron chi connectivity index (χ1n) is 6.37. The van der Waals surface area contributed by atoms with Crippen LogP contribution < -0.4 is 10.0 Å². The van der Waals surface area contributed by atoms with E-state index in [0.717, 1.165) is 17.8 Å². The highest BCUT2D eigenvalue weighted by atomic mass is 32.2. The molecule has 0 radical (unpaired) electrons. The predicted molar refractivity (Wildman–Crippen MR) is 77.7 cm³/mol. The molecule has 2 rings (SSSR count). The molecular weight excluding hydrogens is 284 g/mol. The minimum atomic E-state index is -3.48. The molecule has 0 atom stereocenters. The van der Waals surface area contributed by atoms with Gasteiger partial charge in [-0.15, -0.1) is 11.3 Å². The van der Waals surface area contributed by atoms with Crippen molar-refractivity contribution in [1.29, 1.82) is 0 Å². The van der Waals surface area contributed by atoms with Crippen LogP contribution in [0.15, 0.2) is 6.20 Å². The first kappa shape index (κ1) is 14.7. The highest BCUT2D eigenvalue weighted by Crippen LogP contribution is 2.19. The Labute approximate surface area is 118 Å². The maximum absolute atomic E-state index is 12.0. The zero-order chi connectivity index (χ0) is 13.9. The van der Waals surface area contributed by atoms with Crippen LogP contribution in [0.3, 0.4) is 0 Å². The van der Waals surface area contributed by atoms with Crippen LogP contribution in [-0.2, 0) is 10.2 Å². The molecule has 19 heavy (non-hydrogen) atoms. The topological polar surface area (TPSA) is 74.3 Å². The molecule has 0 amide bonds. The molecule has 1 heterocycles. The van der Waals surface area contributed by atoms with E-state index in [1.807, 2.05) is 6.92 Å². The maximum Gasteiger partial charge on any atom is 0.303 e. The normalized spacial score (nSPS) is 15.9. The summed E-state index contributed by atoms with van der Waals surface area (Å²) < 4.78 is 27.8. The first-order valence-corrected chi connectivity index (χ1v) is 8.63. The van der Waals surface area contributed by atoms with Gasteiger partial charge in [0.25, 0.3) is 0 Å². The van der Waals surface area contributed by atoms with Crippen LogP contribution in [0, 0.1) is 6.92 Å². The van der Waals surface area contributed by atoms with E-state index in [0.29, 0.717) is 17.7 Å². The summed E-state index contributed by atoms with van der Waals surface area (Å²) in [4.78, 5) is 4.98. The van der Waals surface area contributed by atoms with Crippen molar-refractivity contribution in [3.05, 3.63) is 11.1 Å². The van der Waals surface area contributed by atoms with Crippen LogP contribution >= 0.6 is 11.3 Å². The molecule has 1 fully saturated rings. The monoisotopic (exact) mass is 304 g/mol. The van der Waals surface area contributed by atoms with Crippen molar-refractivity contribution in [2.75, 3.05) is 24.9 Å². The maximum atomic E-state index is 12.0. The molecule has 0 spiro atoms. The second kappa shape index (κ2) is 6.17. The lowest BCUT2D eigenvalue weighted by Gasteiger charge is -2.17. The average Bonchev–Trinajstić information content (AvgIpc) is 3.08. The van der Waals surface area contributed by atoms with Crippen molar-refractivity contribution >= 4 is 26.7 Å². The number of hydrogen-bond donors (Lipinski definition) is 2. The van der Waals surface area contributed by atoms with Crippen molar-refractivity contribution in [1.82, 2.24) is 14.6 Å². The van der Waals surface area contributed by atoms with Crippen molar-refractivity contribution < 1.29 is 8.42 Å². The van der Waals surface area contributed by atoms with Gasteiger partial charge in [0.15, 0.2) is 5.13 Å². The lowest BCUT2D eigenvalue weighted by atomic mass is 10.4. The SMILES string of the molecule is Cc1cnc(NS(=O)(=O)N(C)CCCNC2CC2)s1. The van der Waals surface area contributed by atoms with Gasteiger partial charge in [0.2, 0.25) is 0 Å². The number of aryl methyl sites for hydroxylation is 1. The Kier molecular flexibility index (Phi) is 4.77. The smallest absolute Gasteiger partial charge is 0.303 e. The van der Waals surface area contributed by atoms with Gasteiger partial charge in [-0.2, -0.15) is 12.7 Å². The predicted octanol–water partition coefficient (Wildman–Crippen LogP) is 1.18. The van der Waals surface area contributed by atoms with E-state index in [1.165, 1.54) is 28.5 Å². The van der Waals surface area contributed by atoms with E-state index in [1.54, 1.807) is 13.2 Å². The lowest BCUT2D eigenvalue weighted by molar-refractivity contribution is 0.458. The van der Waals surface area contributed by atoms with Crippen LogP contribution in [0.1, 0.15) is 24.1 Å². The summed E-state index contributed by atoms with van der Waals surface area (Å²) in [6.45, 7) is 3.25. The molecule has 1 aliphatic rings. The third kappa shape index (κ3) is 4.72. The van der Waals surface area contributed by atoms with Crippen LogP contribution in [-0.4, -0.2) is 43.9 Å². The average molecular weight is 304 g/mol. The number of aromatic nitrogens is 1. The Morgan fingerprint density at radius 2 is 2.26 bits per heavy atom. The highest BCUT2D eigenvalue weighted by Gasteiger charge is 2.21. The molecular formula is C11H20N4O2S2. The summed E-state index contributed by atoms with van der Waals surface area (Å²) in [7, 11) is -1.90. The van der Waals surface area contributed by atoms with E-state index in [-0.39, 0.29) is 0 Å². The summed E-state index contributed by atoms with van der Waals surface area (Å²) in [5, 5.41) is 3.78. The molecule has 0 unspecified atom stereocenters. The fraction of sp³-hybridized carbons (Fsp3) is 0.727. The van der Waals surface area contributed by atoms with Gasteiger partial charge in [0, 0.05) is 30.7 Å². The number of nitrogens with one attached hydrogen (secondary N) is 2. The van der Waals surface area contributed by atoms with Crippen molar-refractivity contribution in [3.8, 4) is 0 Å². The van der Waals surface area contributed by atoms with Gasteiger partial charge in [-0.3, -0.25) is 0 Å². The largest absolute Gasteiger partial charge is 0.314 e. The van der Waals surface area contributed by atoms with Crippen molar-refractivity contribution in [3.63, 3.8) is 0 Å². The van der Waals surface area contributed by atoms with Gasteiger partial charge in [0.05, 0.1) is 0 Å². The van der Waals surface area contributed by atoms with Gasteiger partial charge >= 0.3 is 10.2 Å². The van der Waals surface area contributed by atoms with Gasteiger partial charge in [0.1, 0.15) is 0 Å². The Balaban J connectivity index is 1.76. The first-order chi connectivity index (χ1) is 8.97. The van der Waals surface area contributed by atoms with E-state index in [4.69, 9.17) is 0 Å². The molecule has 1 aromatic heterocycles. The highest BCUT2D eigenvalue weighted by molar-refractivity contribution is 7.90. The van der Waals surface area contributed by atoms with E-state index < -0.39 is 10.2 Å². The van der Waals surface area contributed by atoms with Gasteiger partial charge < -0.3 is 5.32 Å². The van der Waals surface area contributed by atoms with E-state index >= 15 is 0 Å². The number of thiazole rings is 1. The summed E-state index contributed by atoms with van der Waals surface area (Å²) in [5.41, 5.74) is 0. The summed E-state index contributed by atoms with van der Waals surface area (Å²) >= 11 is 1.33. The van der Waals surface area contributed by atoms with Crippen LogP contribution in [0.25, 0.3) is 0 Å². The van der Waals surface area contributed by atoms with Gasteiger partial charge in [-0.1, -0.05) is 0 Å². The van der Waals surface area contributed by atoms with E-state index in [2.05, 4.69) is 15.0 Å². The summed E-state index contributed by atoms with van der Waals surface area (Å²) in [6.07, 6.45) is 4.96. The summed E-state index contributed by atoms with van der Waals surface area (Å²) in [6, 6.07) is 0.665. The number of hydrogen-bond acceptors (Lipinski definition) is 5. The van der Waals surface area contributed by atoms with Crippen molar-refractivity contribution in [2.45, 2.75) is 32.2 Å². The van der Waals surface area contributed by atoms with E-state index in [9.17, 15) is 8.42 Å². The Hall–Kier alpha value is -0.700. The molecule has 8 heteroatoms. The molecule has 0 bridgehead atoms. The second-order valence-electron chi connectivity index (χ2n) is 4.79. The quantitative estimate of drug-likeness (QED) is 0.707. The molecule has 0 aliphatic heterocycles. The Morgan fingerprint density at radius 3 is 2.84 bits per heavy atom. The minimum absolute atomic E-state index is 0.417. The molecule has 1 saturated carbocycles. The fourth-order valence-corrected chi connectivity index (χ4v) is 3.40. The van der Waals surface area contributed by atoms with Gasteiger partial charge in [-0.05, 0) is 32.7 Å². The lowest BCUT2D eigenvalue weighted by Crippen LogP contribution is -2.34. The summed E-state index contributed by atoms with van der Waals surface area (Å²) in [5.74, 6) is 0. The van der Waals surface area contributed by atoms with Crippen LogP contribution in [0.2, 0.25) is 0 Å². The number of anilines is 1. The van der Waals surface area contributed by atoms with Crippen LogP contribution in [0.4, 0.5) is 5.13 Å². The standard InChI is InChI=1S/C11H20N4O2S2/c1-9-8-13-11(18-9)14-19(16,17)15(2)7-3-6-12-10-4-5-10/h8,10,12H,3-7H2,1-2H3,(H,13,14). The third-order valence-electron chi connectivity index (χ3n) is 2.91.